The summed E-state index contributed by atoms with van der Waals surface area (Å²) in [5, 5.41) is 5.64. The van der Waals surface area contributed by atoms with E-state index in [0.29, 0.717) is 17.0 Å². The van der Waals surface area contributed by atoms with Gasteiger partial charge in [0.1, 0.15) is 11.4 Å². The molecule has 0 fully saturated rings. The Balaban J connectivity index is 1.76. The molecule has 0 aliphatic carbocycles. The van der Waals surface area contributed by atoms with Gasteiger partial charge in [0.15, 0.2) is 0 Å². The van der Waals surface area contributed by atoms with Crippen LogP contribution in [0.1, 0.15) is 32.0 Å². The lowest BCUT2D eigenvalue weighted by Crippen LogP contribution is -2.17. The van der Waals surface area contributed by atoms with E-state index < -0.39 is 5.91 Å². The number of carbonyl (C=O) groups is 2. The number of amides is 2. The third kappa shape index (κ3) is 4.35. The molecule has 6 nitrogen and oxygen atoms in total. The number of nitrogens with one attached hydrogen (secondary N) is 2. The van der Waals surface area contributed by atoms with Gasteiger partial charge in [-0.25, -0.2) is 0 Å². The van der Waals surface area contributed by atoms with Crippen LogP contribution in [0.2, 0.25) is 0 Å². The normalized spacial score (nSPS) is 10.2. The minimum atomic E-state index is -0.408. The van der Waals surface area contributed by atoms with Crippen molar-refractivity contribution < 1.29 is 14.3 Å². The zero-order valence-corrected chi connectivity index (χ0v) is 15.9. The van der Waals surface area contributed by atoms with Crippen LogP contribution in [-0.2, 0) is 0 Å². The molecular formula is C22H21N3O3. The number of carbonyl (C=O) groups excluding carboxylic acids is 2. The first-order valence-corrected chi connectivity index (χ1v) is 8.77. The molecule has 2 aromatic carbocycles. The number of methoxy groups -OCH3 is 1. The van der Waals surface area contributed by atoms with E-state index in [4.69, 9.17) is 4.74 Å². The third-order valence-electron chi connectivity index (χ3n) is 4.44. The van der Waals surface area contributed by atoms with Crippen LogP contribution in [0.25, 0.3) is 0 Å². The van der Waals surface area contributed by atoms with Gasteiger partial charge >= 0.3 is 0 Å². The van der Waals surface area contributed by atoms with Crippen LogP contribution in [0.5, 0.6) is 5.75 Å². The zero-order valence-electron chi connectivity index (χ0n) is 15.9. The quantitative estimate of drug-likeness (QED) is 0.700. The van der Waals surface area contributed by atoms with Crippen LogP contribution in [0.3, 0.4) is 0 Å². The number of benzene rings is 2. The number of aromatic nitrogens is 1. The van der Waals surface area contributed by atoms with Gasteiger partial charge in [0, 0.05) is 29.2 Å². The Labute approximate surface area is 163 Å². The fourth-order valence-corrected chi connectivity index (χ4v) is 2.67. The predicted octanol–water partition coefficient (Wildman–Crippen LogP) is 4.21. The lowest BCUT2D eigenvalue weighted by Gasteiger charge is -2.11. The molecule has 2 amide bonds. The Morgan fingerprint density at radius 3 is 2.50 bits per heavy atom. The van der Waals surface area contributed by atoms with Crippen molar-refractivity contribution >= 4 is 23.2 Å². The monoisotopic (exact) mass is 375 g/mol. The number of aryl methyl sites for hydroxylation is 1. The number of rotatable bonds is 5. The van der Waals surface area contributed by atoms with E-state index in [1.54, 1.807) is 37.4 Å². The standard InChI is InChI=1S/C22H21N3O3/c1-14-6-4-9-19(15(14)2)25-21(26)16-10-11-23-20(12-16)22(27)24-17-7-5-8-18(13-17)28-3/h4-13H,1-3H3,(H,24,27)(H,25,26). The van der Waals surface area contributed by atoms with E-state index in [2.05, 4.69) is 15.6 Å². The van der Waals surface area contributed by atoms with Crippen LogP contribution in [-0.4, -0.2) is 23.9 Å². The summed E-state index contributed by atoms with van der Waals surface area (Å²) in [4.78, 5) is 29.2. The number of anilines is 2. The predicted molar refractivity (Wildman–Crippen MR) is 109 cm³/mol. The molecule has 1 aromatic heterocycles. The highest BCUT2D eigenvalue weighted by molar-refractivity contribution is 6.08. The van der Waals surface area contributed by atoms with Crippen molar-refractivity contribution in [3.05, 3.63) is 83.2 Å². The summed E-state index contributed by atoms with van der Waals surface area (Å²) in [6, 6.07) is 15.8. The number of hydrogen-bond donors (Lipinski definition) is 2. The maximum Gasteiger partial charge on any atom is 0.274 e. The third-order valence-corrected chi connectivity index (χ3v) is 4.44. The molecule has 0 aliphatic heterocycles. The summed E-state index contributed by atoms with van der Waals surface area (Å²) in [5.41, 5.74) is 3.91. The Bertz CT molecular complexity index is 1030. The average Bonchev–Trinajstić information content (AvgIpc) is 2.71. The molecule has 142 valence electrons. The van der Waals surface area contributed by atoms with E-state index in [9.17, 15) is 9.59 Å². The van der Waals surface area contributed by atoms with Gasteiger partial charge in [0.05, 0.1) is 7.11 Å². The Morgan fingerprint density at radius 2 is 1.71 bits per heavy atom. The second-order valence-electron chi connectivity index (χ2n) is 6.32. The topological polar surface area (TPSA) is 80.3 Å². The molecule has 1 heterocycles. The minimum absolute atomic E-state index is 0.149. The Kier molecular flexibility index (Phi) is 5.69. The van der Waals surface area contributed by atoms with Crippen molar-refractivity contribution in [1.82, 2.24) is 4.98 Å². The van der Waals surface area contributed by atoms with E-state index in [-0.39, 0.29) is 11.6 Å². The van der Waals surface area contributed by atoms with Crippen molar-refractivity contribution in [2.45, 2.75) is 13.8 Å². The zero-order chi connectivity index (χ0) is 20.1. The molecular weight excluding hydrogens is 354 g/mol. The summed E-state index contributed by atoms with van der Waals surface area (Å²) in [6.07, 6.45) is 1.44. The van der Waals surface area contributed by atoms with Gasteiger partial charge in [-0.2, -0.15) is 0 Å². The number of ether oxygens (including phenoxy) is 1. The van der Waals surface area contributed by atoms with E-state index in [1.807, 2.05) is 32.0 Å². The van der Waals surface area contributed by atoms with Gasteiger partial charge in [0.25, 0.3) is 11.8 Å². The van der Waals surface area contributed by atoms with Gasteiger partial charge in [-0.3, -0.25) is 14.6 Å². The highest BCUT2D eigenvalue weighted by atomic mass is 16.5. The van der Waals surface area contributed by atoms with Crippen LogP contribution < -0.4 is 15.4 Å². The molecule has 6 heteroatoms. The van der Waals surface area contributed by atoms with Crippen LogP contribution >= 0.6 is 0 Å². The highest BCUT2D eigenvalue weighted by Crippen LogP contribution is 2.20. The molecule has 0 aliphatic rings. The molecule has 3 rings (SSSR count). The van der Waals surface area contributed by atoms with Gasteiger partial charge in [-0.05, 0) is 55.3 Å². The SMILES string of the molecule is COc1cccc(NC(=O)c2cc(C(=O)Nc3cccc(C)c3C)ccn2)c1. The molecule has 2 N–H and O–H groups in total. The number of hydrogen-bond acceptors (Lipinski definition) is 4. The van der Waals surface area contributed by atoms with Crippen LogP contribution in [0, 0.1) is 13.8 Å². The van der Waals surface area contributed by atoms with Crippen LogP contribution in [0.15, 0.2) is 60.8 Å². The first-order valence-electron chi connectivity index (χ1n) is 8.77. The molecule has 0 radical (unpaired) electrons. The molecule has 0 saturated carbocycles. The van der Waals surface area contributed by atoms with Gasteiger partial charge in [-0.15, -0.1) is 0 Å². The summed E-state index contributed by atoms with van der Waals surface area (Å²) in [6.45, 7) is 3.93. The second kappa shape index (κ2) is 8.35. The van der Waals surface area contributed by atoms with Crippen molar-refractivity contribution in [3.8, 4) is 5.75 Å². The van der Waals surface area contributed by atoms with E-state index >= 15 is 0 Å². The largest absolute Gasteiger partial charge is 0.497 e. The Hall–Kier alpha value is -3.67. The van der Waals surface area contributed by atoms with Crippen molar-refractivity contribution in [2.75, 3.05) is 17.7 Å². The number of nitrogens with zero attached hydrogens (tertiary/aromatic N) is 1. The Morgan fingerprint density at radius 1 is 0.929 bits per heavy atom. The first kappa shape index (κ1) is 19.1. The molecule has 0 spiro atoms. The van der Waals surface area contributed by atoms with Crippen molar-refractivity contribution in [2.24, 2.45) is 0 Å². The van der Waals surface area contributed by atoms with E-state index in [0.717, 1.165) is 16.8 Å². The minimum Gasteiger partial charge on any atom is -0.497 e. The van der Waals surface area contributed by atoms with Gasteiger partial charge in [0.2, 0.25) is 0 Å². The molecule has 0 atom stereocenters. The lowest BCUT2D eigenvalue weighted by atomic mass is 10.1. The van der Waals surface area contributed by atoms with Crippen molar-refractivity contribution in [3.63, 3.8) is 0 Å². The second-order valence-corrected chi connectivity index (χ2v) is 6.32. The summed E-state index contributed by atoms with van der Waals surface area (Å²) in [7, 11) is 1.56. The first-order chi connectivity index (χ1) is 13.5. The number of pyridine rings is 1. The van der Waals surface area contributed by atoms with Crippen LogP contribution in [0.4, 0.5) is 11.4 Å². The smallest absolute Gasteiger partial charge is 0.274 e. The van der Waals surface area contributed by atoms with E-state index in [1.165, 1.54) is 12.3 Å². The highest BCUT2D eigenvalue weighted by Gasteiger charge is 2.13. The van der Waals surface area contributed by atoms with Gasteiger partial charge < -0.3 is 15.4 Å². The molecule has 0 bridgehead atoms. The summed E-state index contributed by atoms with van der Waals surface area (Å²) in [5.74, 6) is -0.0754. The summed E-state index contributed by atoms with van der Waals surface area (Å²) < 4.78 is 5.15. The molecule has 0 saturated heterocycles. The maximum atomic E-state index is 12.6. The summed E-state index contributed by atoms with van der Waals surface area (Å²) >= 11 is 0. The fourth-order valence-electron chi connectivity index (χ4n) is 2.67. The maximum absolute atomic E-state index is 12.6. The molecule has 0 unspecified atom stereocenters. The molecule has 28 heavy (non-hydrogen) atoms. The lowest BCUT2D eigenvalue weighted by molar-refractivity contribution is 0.102. The fraction of sp³-hybridized carbons (Fsp3) is 0.136. The van der Waals surface area contributed by atoms with Gasteiger partial charge in [-0.1, -0.05) is 18.2 Å². The van der Waals surface area contributed by atoms with Crippen molar-refractivity contribution in [1.29, 1.82) is 0 Å². The average molecular weight is 375 g/mol. The molecule has 3 aromatic rings.